The van der Waals surface area contributed by atoms with Crippen LogP contribution in [0.4, 0.5) is 0 Å². The highest BCUT2D eigenvalue weighted by Crippen LogP contribution is 2.13. The number of Topliss-reactive ketones (excluding diaryl/α,β-unsaturated/α-hetero) is 1. The van der Waals surface area contributed by atoms with Crippen LogP contribution >= 0.6 is 0 Å². The monoisotopic (exact) mass is 192 g/mol. The number of quaternary nitrogens is 1. The Balaban J connectivity index is 3.02. The molecule has 0 saturated carbocycles. The number of hydrogen-bond acceptors (Lipinski definition) is 1. The van der Waals surface area contributed by atoms with Crippen molar-refractivity contribution in [2.45, 2.75) is 13.5 Å². The molecular formula is C12H18NO+. The SMILES string of the molecule is CC(=O)c1ccccc1C[N+](C)(C)C. The highest BCUT2D eigenvalue weighted by Gasteiger charge is 2.13. The molecule has 0 spiro atoms. The Morgan fingerprint density at radius 3 is 2.29 bits per heavy atom. The molecule has 1 aromatic carbocycles. The van der Waals surface area contributed by atoms with E-state index in [2.05, 4.69) is 21.1 Å². The summed E-state index contributed by atoms with van der Waals surface area (Å²) in [6.45, 7) is 2.50. The fourth-order valence-corrected chi connectivity index (χ4v) is 1.51. The van der Waals surface area contributed by atoms with Crippen LogP contribution in [0.3, 0.4) is 0 Å². The summed E-state index contributed by atoms with van der Waals surface area (Å²) in [7, 11) is 6.37. The summed E-state index contributed by atoms with van der Waals surface area (Å²) in [6, 6.07) is 7.82. The summed E-state index contributed by atoms with van der Waals surface area (Å²) in [5.41, 5.74) is 1.98. The molecule has 0 amide bonds. The zero-order valence-corrected chi connectivity index (χ0v) is 9.37. The molecule has 0 fully saturated rings. The molecule has 2 nitrogen and oxygen atoms in total. The minimum absolute atomic E-state index is 0.147. The van der Waals surface area contributed by atoms with Gasteiger partial charge in [-0.25, -0.2) is 0 Å². The Bertz CT molecular complexity index is 336. The lowest BCUT2D eigenvalue weighted by Gasteiger charge is -2.24. The third-order valence-electron chi connectivity index (χ3n) is 2.04. The number of carbonyl (C=O) groups excluding carboxylic acids is 1. The Labute approximate surface area is 85.8 Å². The summed E-state index contributed by atoms with van der Waals surface area (Å²) in [6.07, 6.45) is 0. The maximum atomic E-state index is 11.3. The fourth-order valence-electron chi connectivity index (χ4n) is 1.51. The molecule has 0 aromatic heterocycles. The molecule has 2 heteroatoms. The van der Waals surface area contributed by atoms with Gasteiger partial charge in [-0.15, -0.1) is 0 Å². The van der Waals surface area contributed by atoms with Crippen LogP contribution in [0, 0.1) is 0 Å². The van der Waals surface area contributed by atoms with Crippen molar-refractivity contribution in [2.24, 2.45) is 0 Å². The van der Waals surface area contributed by atoms with Crippen LogP contribution in [0.25, 0.3) is 0 Å². The molecule has 0 N–H and O–H groups in total. The van der Waals surface area contributed by atoms with Gasteiger partial charge in [-0.05, 0) is 6.92 Å². The van der Waals surface area contributed by atoms with E-state index in [1.54, 1.807) is 6.92 Å². The zero-order valence-electron chi connectivity index (χ0n) is 9.37. The van der Waals surface area contributed by atoms with Crippen LogP contribution in [0.2, 0.25) is 0 Å². The van der Waals surface area contributed by atoms with Crippen molar-refractivity contribution < 1.29 is 9.28 Å². The number of benzene rings is 1. The summed E-state index contributed by atoms with van der Waals surface area (Å²) >= 11 is 0. The molecule has 0 bridgehead atoms. The summed E-state index contributed by atoms with van der Waals surface area (Å²) in [5.74, 6) is 0.147. The maximum absolute atomic E-state index is 11.3. The fraction of sp³-hybridized carbons (Fsp3) is 0.417. The number of ketones is 1. The lowest BCUT2D eigenvalue weighted by atomic mass is 10.0. The Kier molecular flexibility index (Phi) is 3.06. The van der Waals surface area contributed by atoms with E-state index >= 15 is 0 Å². The Hall–Kier alpha value is -1.15. The first-order valence-electron chi connectivity index (χ1n) is 4.79. The van der Waals surface area contributed by atoms with Crippen LogP contribution in [-0.2, 0) is 6.54 Å². The van der Waals surface area contributed by atoms with Crippen LogP contribution in [0.5, 0.6) is 0 Å². The predicted octanol–water partition coefficient (Wildman–Crippen LogP) is 2.10. The van der Waals surface area contributed by atoms with Gasteiger partial charge in [-0.2, -0.15) is 0 Å². The van der Waals surface area contributed by atoms with E-state index < -0.39 is 0 Å². The van der Waals surface area contributed by atoms with Gasteiger partial charge in [0.05, 0.1) is 21.1 Å². The number of nitrogens with zero attached hydrogens (tertiary/aromatic N) is 1. The van der Waals surface area contributed by atoms with E-state index in [-0.39, 0.29) is 5.78 Å². The zero-order chi connectivity index (χ0) is 10.8. The molecular weight excluding hydrogens is 174 g/mol. The second-order valence-corrected chi connectivity index (χ2v) is 4.66. The van der Waals surface area contributed by atoms with Gasteiger partial charge in [0.15, 0.2) is 5.78 Å². The lowest BCUT2D eigenvalue weighted by Crippen LogP contribution is -2.33. The second kappa shape index (κ2) is 3.93. The molecule has 0 heterocycles. The minimum atomic E-state index is 0.147. The molecule has 14 heavy (non-hydrogen) atoms. The van der Waals surface area contributed by atoms with E-state index in [4.69, 9.17) is 0 Å². The Morgan fingerprint density at radius 2 is 1.79 bits per heavy atom. The van der Waals surface area contributed by atoms with Gasteiger partial charge in [0, 0.05) is 11.1 Å². The van der Waals surface area contributed by atoms with Crippen molar-refractivity contribution in [1.29, 1.82) is 0 Å². The van der Waals surface area contributed by atoms with Crippen LogP contribution in [-0.4, -0.2) is 31.4 Å². The first kappa shape index (κ1) is 10.9. The highest BCUT2D eigenvalue weighted by molar-refractivity contribution is 5.95. The second-order valence-electron chi connectivity index (χ2n) is 4.66. The normalized spacial score (nSPS) is 11.4. The van der Waals surface area contributed by atoms with Crippen molar-refractivity contribution in [3.05, 3.63) is 35.4 Å². The van der Waals surface area contributed by atoms with E-state index in [0.29, 0.717) is 0 Å². The van der Waals surface area contributed by atoms with E-state index in [0.717, 1.165) is 22.2 Å². The number of hydrogen-bond donors (Lipinski definition) is 0. The number of carbonyl (C=O) groups is 1. The predicted molar refractivity (Wildman–Crippen MR) is 58.2 cm³/mol. The van der Waals surface area contributed by atoms with Gasteiger partial charge in [-0.3, -0.25) is 4.79 Å². The third-order valence-corrected chi connectivity index (χ3v) is 2.04. The van der Waals surface area contributed by atoms with Gasteiger partial charge in [-0.1, -0.05) is 24.3 Å². The molecule has 0 aliphatic carbocycles. The topological polar surface area (TPSA) is 17.1 Å². The van der Waals surface area contributed by atoms with E-state index in [9.17, 15) is 4.79 Å². The standard InChI is InChI=1S/C12H18NO/c1-10(14)12-8-6-5-7-11(12)9-13(2,3)4/h5-8H,9H2,1-4H3/q+1. The van der Waals surface area contributed by atoms with Gasteiger partial charge in [0.2, 0.25) is 0 Å². The summed E-state index contributed by atoms with van der Waals surface area (Å²) < 4.78 is 0.838. The molecule has 0 radical (unpaired) electrons. The largest absolute Gasteiger partial charge is 0.327 e. The third kappa shape index (κ3) is 2.96. The molecule has 0 aliphatic heterocycles. The molecule has 1 aromatic rings. The lowest BCUT2D eigenvalue weighted by molar-refractivity contribution is -0.884. The summed E-state index contributed by atoms with van der Waals surface area (Å²) in [5, 5.41) is 0. The summed E-state index contributed by atoms with van der Waals surface area (Å²) in [4.78, 5) is 11.3. The smallest absolute Gasteiger partial charge is 0.160 e. The first-order chi connectivity index (χ1) is 6.40. The molecule has 0 aliphatic rings. The van der Waals surface area contributed by atoms with Crippen molar-refractivity contribution in [2.75, 3.05) is 21.1 Å². The van der Waals surface area contributed by atoms with E-state index in [1.807, 2.05) is 24.3 Å². The van der Waals surface area contributed by atoms with Crippen LogP contribution in [0.15, 0.2) is 24.3 Å². The van der Waals surface area contributed by atoms with Gasteiger partial charge in [0.25, 0.3) is 0 Å². The molecule has 1 rings (SSSR count). The van der Waals surface area contributed by atoms with Gasteiger partial charge in [0.1, 0.15) is 6.54 Å². The minimum Gasteiger partial charge on any atom is -0.327 e. The van der Waals surface area contributed by atoms with Gasteiger partial charge < -0.3 is 4.48 Å². The highest BCUT2D eigenvalue weighted by atomic mass is 16.1. The first-order valence-corrected chi connectivity index (χ1v) is 4.79. The van der Waals surface area contributed by atoms with Crippen molar-refractivity contribution in [1.82, 2.24) is 0 Å². The Morgan fingerprint density at radius 1 is 1.21 bits per heavy atom. The number of rotatable bonds is 3. The van der Waals surface area contributed by atoms with Crippen LogP contribution in [0.1, 0.15) is 22.8 Å². The molecule has 76 valence electrons. The molecule has 0 atom stereocenters. The van der Waals surface area contributed by atoms with Crippen molar-refractivity contribution in [3.63, 3.8) is 0 Å². The van der Waals surface area contributed by atoms with E-state index in [1.165, 1.54) is 0 Å². The average molecular weight is 192 g/mol. The van der Waals surface area contributed by atoms with Gasteiger partial charge >= 0.3 is 0 Å². The quantitative estimate of drug-likeness (QED) is 0.529. The molecule has 0 saturated heterocycles. The van der Waals surface area contributed by atoms with Crippen molar-refractivity contribution >= 4 is 5.78 Å². The maximum Gasteiger partial charge on any atom is 0.160 e. The van der Waals surface area contributed by atoms with Crippen LogP contribution < -0.4 is 0 Å². The molecule has 0 unspecified atom stereocenters. The van der Waals surface area contributed by atoms with Crippen molar-refractivity contribution in [3.8, 4) is 0 Å². The average Bonchev–Trinajstić information content (AvgIpc) is 2.01.